The first-order valence-corrected chi connectivity index (χ1v) is 8.47. The van der Waals surface area contributed by atoms with E-state index in [0.29, 0.717) is 10.9 Å². The summed E-state index contributed by atoms with van der Waals surface area (Å²) in [5.74, 6) is -0.448. The molecule has 23 heavy (non-hydrogen) atoms. The maximum atomic E-state index is 11.8. The summed E-state index contributed by atoms with van der Waals surface area (Å²) in [7, 11) is 8.01. The van der Waals surface area contributed by atoms with E-state index in [4.69, 9.17) is 0 Å². The van der Waals surface area contributed by atoms with Crippen LogP contribution in [0.1, 0.15) is 26.7 Å². The number of likely N-dealkylation sites (N-methyl/N-ethyl adjacent to an activating group) is 2. The highest BCUT2D eigenvalue weighted by Crippen LogP contribution is 2.12. The van der Waals surface area contributed by atoms with Crippen LogP contribution in [0.5, 0.6) is 0 Å². The van der Waals surface area contributed by atoms with Gasteiger partial charge in [0.1, 0.15) is 5.78 Å². The van der Waals surface area contributed by atoms with Crippen LogP contribution in [0.25, 0.3) is 0 Å². The molecule has 0 aromatic rings. The molecule has 0 fully saturated rings. The van der Waals surface area contributed by atoms with E-state index in [2.05, 4.69) is 9.80 Å². The van der Waals surface area contributed by atoms with Gasteiger partial charge in [-0.15, -0.1) is 0 Å². The van der Waals surface area contributed by atoms with Crippen LogP contribution in [0, 0.1) is 5.92 Å². The molecule has 0 aliphatic carbocycles. The van der Waals surface area contributed by atoms with E-state index in [0.717, 1.165) is 39.1 Å². The summed E-state index contributed by atoms with van der Waals surface area (Å²) < 4.78 is 0.539. The first-order valence-electron chi connectivity index (χ1n) is 8.47. The zero-order valence-electron chi connectivity index (χ0n) is 15.8. The molecule has 0 bridgehead atoms. The second-order valence-electron chi connectivity index (χ2n) is 7.40. The Morgan fingerprint density at radius 1 is 0.957 bits per heavy atom. The lowest BCUT2D eigenvalue weighted by atomic mass is 10.0. The molecule has 0 heterocycles. The Morgan fingerprint density at radius 2 is 1.43 bits per heavy atom. The normalized spacial score (nSPS) is 12.4. The van der Waals surface area contributed by atoms with Crippen LogP contribution < -0.4 is 0 Å². The number of nitrogens with zero attached hydrogens (tertiary/aromatic N) is 3. The van der Waals surface area contributed by atoms with Crippen LogP contribution in [0.2, 0.25) is 0 Å². The zero-order valence-corrected chi connectivity index (χ0v) is 15.8. The monoisotopic (exact) mass is 330 g/mol. The minimum Gasteiger partial charge on any atom is -0.477 e. The molecule has 0 rings (SSSR count). The number of hydrogen-bond acceptors (Lipinski definition) is 4. The Bertz CT molecular complexity index is 356. The molecule has 0 radical (unpaired) electrons. The van der Waals surface area contributed by atoms with Crippen LogP contribution in [-0.4, -0.2) is 98.6 Å². The second kappa shape index (κ2) is 10.7. The van der Waals surface area contributed by atoms with Crippen molar-refractivity contribution >= 4 is 11.8 Å². The molecule has 136 valence electrons. The highest BCUT2D eigenvalue weighted by atomic mass is 16.4. The second-order valence-corrected chi connectivity index (χ2v) is 7.40. The van der Waals surface area contributed by atoms with Gasteiger partial charge in [-0.25, -0.2) is 4.79 Å². The molecule has 0 atom stereocenters. The van der Waals surface area contributed by atoms with Crippen molar-refractivity contribution < 1.29 is 19.2 Å². The molecule has 6 nitrogen and oxygen atoms in total. The first-order chi connectivity index (χ1) is 10.6. The minimum atomic E-state index is -0.766. The Morgan fingerprint density at radius 3 is 1.78 bits per heavy atom. The fourth-order valence-corrected chi connectivity index (χ4v) is 2.56. The molecule has 0 aliphatic heterocycles. The molecule has 0 aromatic heterocycles. The molecule has 6 heteroatoms. The number of carboxylic acids is 1. The van der Waals surface area contributed by atoms with Crippen molar-refractivity contribution in [1.29, 1.82) is 0 Å². The Kier molecular flexibility index (Phi) is 10.3. The van der Waals surface area contributed by atoms with Crippen molar-refractivity contribution in [2.75, 3.05) is 67.5 Å². The van der Waals surface area contributed by atoms with E-state index in [1.165, 1.54) is 0 Å². The van der Waals surface area contributed by atoms with E-state index >= 15 is 0 Å². The molecule has 1 N–H and O–H groups in total. The fraction of sp³-hybridized carbons (Fsp3) is 0.882. The number of rotatable bonds is 13. The van der Waals surface area contributed by atoms with Gasteiger partial charge < -0.3 is 19.4 Å². The number of carbonyl (C=O) groups excluding carboxylic acids is 1. The molecule has 0 aliphatic rings. The third-order valence-corrected chi connectivity index (χ3v) is 4.21. The predicted octanol–water partition coefficient (Wildman–Crippen LogP) is 1.02. The minimum absolute atomic E-state index is 0.0555. The Labute approximate surface area is 141 Å². The highest BCUT2D eigenvalue weighted by molar-refractivity contribution is 5.80. The van der Waals surface area contributed by atoms with Crippen molar-refractivity contribution in [2.45, 2.75) is 26.7 Å². The Balaban J connectivity index is 4.93. The van der Waals surface area contributed by atoms with Gasteiger partial charge in [-0.05, 0) is 28.2 Å². The number of carbonyl (C=O) groups is 2. The van der Waals surface area contributed by atoms with Crippen molar-refractivity contribution in [1.82, 2.24) is 9.80 Å². The smallest absolute Gasteiger partial charge is 0.359 e. The third-order valence-electron chi connectivity index (χ3n) is 4.21. The molecule has 0 saturated carbocycles. The van der Waals surface area contributed by atoms with E-state index in [9.17, 15) is 14.7 Å². The lowest BCUT2D eigenvalue weighted by molar-refractivity contribution is -0.920. The number of carboxylic acid groups (broad SMARTS) is 1. The van der Waals surface area contributed by atoms with E-state index < -0.39 is 5.97 Å². The number of Topliss-reactive ketones (excluding diaryl/α,β-unsaturated/α-hetero) is 1. The van der Waals surface area contributed by atoms with Crippen molar-refractivity contribution in [3.05, 3.63) is 0 Å². The molecular weight excluding hydrogens is 294 g/mol. The molecule has 0 amide bonds. The van der Waals surface area contributed by atoms with Crippen LogP contribution in [-0.2, 0) is 9.59 Å². The topological polar surface area (TPSA) is 60.9 Å². The highest BCUT2D eigenvalue weighted by Gasteiger charge is 2.30. The predicted molar refractivity (Wildman–Crippen MR) is 93.6 cm³/mol. The summed E-state index contributed by atoms with van der Waals surface area (Å²) >= 11 is 0. The summed E-state index contributed by atoms with van der Waals surface area (Å²) in [5, 5.41) is 9.37. The number of aliphatic carboxylic acids is 1. The average molecular weight is 330 g/mol. The summed E-state index contributed by atoms with van der Waals surface area (Å²) in [6.07, 6.45) is 1.30. The molecular formula is C17H36N3O3+. The summed E-state index contributed by atoms with van der Waals surface area (Å²) in [4.78, 5) is 27.4. The SMILES string of the molecule is CC(C)C(=O)CCC[N+](CCN(C)C)(CCN(C)C)CC(=O)O. The van der Waals surface area contributed by atoms with Crippen LogP contribution in [0.4, 0.5) is 0 Å². The van der Waals surface area contributed by atoms with E-state index in [-0.39, 0.29) is 18.2 Å². The van der Waals surface area contributed by atoms with Crippen LogP contribution in [0.15, 0.2) is 0 Å². The van der Waals surface area contributed by atoms with Gasteiger partial charge in [0.05, 0.1) is 19.6 Å². The molecule has 0 spiro atoms. The van der Waals surface area contributed by atoms with Gasteiger partial charge in [0.2, 0.25) is 0 Å². The lowest BCUT2D eigenvalue weighted by Gasteiger charge is -2.39. The van der Waals surface area contributed by atoms with Gasteiger partial charge in [0.15, 0.2) is 6.54 Å². The van der Waals surface area contributed by atoms with Gasteiger partial charge >= 0.3 is 5.97 Å². The van der Waals surface area contributed by atoms with Gasteiger partial charge in [-0.1, -0.05) is 13.8 Å². The fourth-order valence-electron chi connectivity index (χ4n) is 2.56. The summed E-state index contributed by atoms with van der Waals surface area (Å²) in [6.45, 7) is 7.98. The number of quaternary nitrogens is 1. The standard InChI is InChI=1S/C17H35N3O3/c1-15(2)16(21)8-7-11-20(14-17(22)23,12-9-18(3)4)13-10-19(5)6/h15H,7-14H2,1-6H3/p+1. The summed E-state index contributed by atoms with van der Waals surface area (Å²) in [5.41, 5.74) is 0. The first kappa shape index (κ1) is 22.0. The number of hydrogen-bond donors (Lipinski definition) is 1. The average Bonchev–Trinajstić information content (AvgIpc) is 2.41. The van der Waals surface area contributed by atoms with Gasteiger partial charge in [-0.3, -0.25) is 4.79 Å². The largest absolute Gasteiger partial charge is 0.477 e. The lowest BCUT2D eigenvalue weighted by Crippen LogP contribution is -2.57. The molecule has 0 saturated heterocycles. The van der Waals surface area contributed by atoms with Crippen LogP contribution in [0.3, 0.4) is 0 Å². The van der Waals surface area contributed by atoms with Crippen molar-refractivity contribution in [3.63, 3.8) is 0 Å². The van der Waals surface area contributed by atoms with Crippen LogP contribution >= 0.6 is 0 Å². The van der Waals surface area contributed by atoms with Gasteiger partial charge in [0, 0.05) is 31.8 Å². The Hall–Kier alpha value is -0.980. The molecule has 0 unspecified atom stereocenters. The zero-order chi connectivity index (χ0) is 18.0. The van der Waals surface area contributed by atoms with E-state index in [1.54, 1.807) is 0 Å². The maximum absolute atomic E-state index is 11.8. The maximum Gasteiger partial charge on any atom is 0.359 e. The van der Waals surface area contributed by atoms with Crippen molar-refractivity contribution in [3.8, 4) is 0 Å². The van der Waals surface area contributed by atoms with Gasteiger partial charge in [0.25, 0.3) is 0 Å². The molecule has 0 aromatic carbocycles. The third kappa shape index (κ3) is 10.4. The van der Waals surface area contributed by atoms with Crippen molar-refractivity contribution in [2.24, 2.45) is 5.92 Å². The quantitative estimate of drug-likeness (QED) is 0.511. The summed E-state index contributed by atoms with van der Waals surface area (Å²) in [6, 6.07) is 0. The van der Waals surface area contributed by atoms with E-state index in [1.807, 2.05) is 42.0 Å². The van der Waals surface area contributed by atoms with Gasteiger partial charge in [-0.2, -0.15) is 0 Å². The number of ketones is 1.